The van der Waals surface area contributed by atoms with Gasteiger partial charge < -0.3 is 14.6 Å². The zero-order valence-corrected chi connectivity index (χ0v) is 20.9. The van der Waals surface area contributed by atoms with Gasteiger partial charge in [-0.2, -0.15) is 5.10 Å². The van der Waals surface area contributed by atoms with Crippen molar-refractivity contribution in [2.45, 2.75) is 46.3 Å². The quantitative estimate of drug-likeness (QED) is 0.356. The fraction of sp³-hybridized carbons (Fsp3) is 0.464. The van der Waals surface area contributed by atoms with Gasteiger partial charge in [-0.15, -0.1) is 0 Å². The van der Waals surface area contributed by atoms with E-state index in [4.69, 9.17) is 14.6 Å². The van der Waals surface area contributed by atoms with Crippen molar-refractivity contribution in [2.75, 3.05) is 26.3 Å². The minimum atomic E-state index is -0.579. The second-order valence-electron chi connectivity index (χ2n) is 9.90. The maximum absolute atomic E-state index is 13.9. The number of nitrogens with zero attached hydrogens (tertiary/aromatic N) is 3. The van der Waals surface area contributed by atoms with Gasteiger partial charge in [0.25, 0.3) is 0 Å². The Balaban J connectivity index is 1.60. The maximum atomic E-state index is 13.9. The lowest BCUT2D eigenvalue weighted by atomic mass is 10.2. The van der Waals surface area contributed by atoms with Crippen molar-refractivity contribution in [2.24, 2.45) is 11.8 Å². The van der Waals surface area contributed by atoms with Gasteiger partial charge in [-0.25, -0.2) is 9.07 Å². The van der Waals surface area contributed by atoms with Crippen LogP contribution in [0.4, 0.5) is 4.39 Å². The molecule has 1 aliphatic carbocycles. The molecule has 188 valence electrons. The van der Waals surface area contributed by atoms with Crippen LogP contribution in [-0.2, 0) is 11.3 Å². The molecule has 0 amide bonds. The van der Waals surface area contributed by atoms with Gasteiger partial charge in [-0.05, 0) is 55.9 Å². The van der Waals surface area contributed by atoms with Gasteiger partial charge in [0, 0.05) is 32.3 Å². The van der Waals surface area contributed by atoms with E-state index in [0.717, 1.165) is 23.5 Å². The molecule has 6 nitrogen and oxygen atoms in total. The first kappa shape index (κ1) is 25.4. The Kier molecular flexibility index (Phi) is 8.55. The highest BCUT2D eigenvalue weighted by molar-refractivity contribution is 5.43. The van der Waals surface area contributed by atoms with Crippen molar-refractivity contribution in [1.29, 1.82) is 0 Å². The number of benzene rings is 2. The summed E-state index contributed by atoms with van der Waals surface area (Å²) in [6, 6.07) is 15.9. The highest BCUT2D eigenvalue weighted by Gasteiger charge is 2.28. The lowest BCUT2D eigenvalue weighted by Gasteiger charge is -2.25. The van der Waals surface area contributed by atoms with Crippen LogP contribution in [0.15, 0.2) is 54.6 Å². The Bertz CT molecular complexity index is 1080. The lowest BCUT2D eigenvalue weighted by Crippen LogP contribution is -2.36. The van der Waals surface area contributed by atoms with Gasteiger partial charge >= 0.3 is 0 Å². The number of hydrogen-bond donors (Lipinski definition) is 1. The van der Waals surface area contributed by atoms with Crippen LogP contribution in [0.5, 0.6) is 11.6 Å². The highest BCUT2D eigenvalue weighted by atomic mass is 19.1. The molecule has 1 aliphatic rings. The average Bonchev–Trinajstić information content (AvgIpc) is 3.58. The zero-order valence-electron chi connectivity index (χ0n) is 20.9. The molecule has 4 rings (SSSR count). The molecule has 0 spiro atoms. The predicted octanol–water partition coefficient (Wildman–Crippen LogP) is 5.36. The molecule has 1 N–H and O–H groups in total. The third-order valence-electron chi connectivity index (χ3n) is 5.97. The summed E-state index contributed by atoms with van der Waals surface area (Å²) in [5.41, 5.74) is 2.63. The number of aliphatic hydroxyl groups excluding tert-OH is 1. The number of aromatic nitrogens is 2. The fourth-order valence-electron chi connectivity index (χ4n) is 4.09. The molecular weight excluding hydrogens is 445 g/mol. The van der Waals surface area contributed by atoms with Gasteiger partial charge in [-0.1, -0.05) is 38.1 Å². The maximum Gasteiger partial charge on any atom is 0.227 e. The van der Waals surface area contributed by atoms with Crippen LogP contribution in [0, 0.1) is 24.6 Å². The third kappa shape index (κ3) is 7.37. The molecule has 0 unspecified atom stereocenters. The van der Waals surface area contributed by atoms with E-state index >= 15 is 0 Å². The first-order valence-corrected chi connectivity index (χ1v) is 12.4. The Labute approximate surface area is 207 Å². The molecule has 0 bridgehead atoms. The second-order valence-corrected chi connectivity index (χ2v) is 9.90. The molecule has 0 saturated heterocycles. The summed E-state index contributed by atoms with van der Waals surface area (Å²) >= 11 is 0. The summed E-state index contributed by atoms with van der Waals surface area (Å²) in [5.74, 6) is 1.70. The molecule has 7 heteroatoms. The van der Waals surface area contributed by atoms with Gasteiger partial charge in [0.2, 0.25) is 5.88 Å². The molecule has 35 heavy (non-hydrogen) atoms. The van der Waals surface area contributed by atoms with Crippen molar-refractivity contribution >= 4 is 0 Å². The van der Waals surface area contributed by atoms with Gasteiger partial charge in [-0.3, -0.25) is 4.90 Å². The van der Waals surface area contributed by atoms with Crippen LogP contribution in [0.1, 0.15) is 37.9 Å². The van der Waals surface area contributed by atoms with E-state index in [1.807, 2.05) is 37.3 Å². The summed E-state index contributed by atoms with van der Waals surface area (Å²) in [6.45, 7) is 9.08. The Morgan fingerprint density at radius 2 is 1.89 bits per heavy atom. The number of aryl methyl sites for hydroxylation is 1. The Hall–Kier alpha value is -2.74. The molecule has 3 aromatic rings. The number of rotatable bonds is 13. The van der Waals surface area contributed by atoms with E-state index in [0.29, 0.717) is 49.8 Å². The van der Waals surface area contributed by atoms with Crippen LogP contribution in [0.2, 0.25) is 0 Å². The summed E-state index contributed by atoms with van der Waals surface area (Å²) in [7, 11) is 0. The fourth-order valence-corrected chi connectivity index (χ4v) is 4.09. The molecule has 1 fully saturated rings. The van der Waals surface area contributed by atoms with E-state index < -0.39 is 6.10 Å². The average molecular weight is 482 g/mol. The standard InChI is InChI=1S/C28H36FN3O3/c1-20(2)18-34-19-25(33)16-31(15-22-12-13-22)17-27-21(3)30-32(24-9-5-4-6-10-24)28(27)35-26-11-7-8-23(29)14-26/h4-11,14,20,22,25,33H,12-13,15-19H2,1-3H3/t25-/m1/s1. The highest BCUT2D eigenvalue weighted by Crippen LogP contribution is 2.34. The largest absolute Gasteiger partial charge is 0.438 e. The Morgan fingerprint density at radius 3 is 2.57 bits per heavy atom. The normalized spacial score (nSPS) is 14.6. The van der Waals surface area contributed by atoms with Crippen LogP contribution < -0.4 is 4.74 Å². The van der Waals surface area contributed by atoms with Crippen molar-refractivity contribution in [3.8, 4) is 17.3 Å². The van der Waals surface area contributed by atoms with Crippen molar-refractivity contribution in [3.63, 3.8) is 0 Å². The predicted molar refractivity (Wildman–Crippen MR) is 134 cm³/mol. The first-order valence-electron chi connectivity index (χ1n) is 12.4. The third-order valence-corrected chi connectivity index (χ3v) is 5.97. The number of para-hydroxylation sites is 1. The monoisotopic (exact) mass is 481 g/mol. The van der Waals surface area contributed by atoms with Crippen molar-refractivity contribution < 1.29 is 19.0 Å². The number of aliphatic hydroxyl groups is 1. The van der Waals surface area contributed by atoms with Gasteiger partial charge in [0.05, 0.1) is 29.7 Å². The smallest absolute Gasteiger partial charge is 0.227 e. The van der Waals surface area contributed by atoms with Crippen molar-refractivity contribution in [1.82, 2.24) is 14.7 Å². The van der Waals surface area contributed by atoms with E-state index in [2.05, 4.69) is 18.7 Å². The van der Waals surface area contributed by atoms with Gasteiger partial charge in [0.15, 0.2) is 0 Å². The SMILES string of the molecule is Cc1nn(-c2ccccc2)c(Oc2cccc(F)c2)c1CN(CC1CC1)C[C@@H](O)COCC(C)C. The van der Waals surface area contributed by atoms with Crippen LogP contribution in [0.25, 0.3) is 5.69 Å². The van der Waals surface area contributed by atoms with E-state index in [9.17, 15) is 9.50 Å². The van der Waals surface area contributed by atoms with E-state index in [1.165, 1.54) is 25.0 Å². The summed E-state index contributed by atoms with van der Waals surface area (Å²) in [5, 5.41) is 15.5. The lowest BCUT2D eigenvalue weighted by molar-refractivity contribution is 0.00609. The molecule has 1 saturated carbocycles. The number of ether oxygens (including phenoxy) is 2. The number of halogens is 1. The molecule has 1 atom stereocenters. The van der Waals surface area contributed by atoms with Crippen molar-refractivity contribution in [3.05, 3.63) is 71.7 Å². The molecule has 0 aliphatic heterocycles. The Morgan fingerprint density at radius 1 is 1.11 bits per heavy atom. The molecule has 2 aromatic carbocycles. The minimum absolute atomic E-state index is 0.314. The van der Waals surface area contributed by atoms with Crippen LogP contribution in [0.3, 0.4) is 0 Å². The van der Waals surface area contributed by atoms with Gasteiger partial charge in [0.1, 0.15) is 11.6 Å². The molecule has 0 radical (unpaired) electrons. The summed E-state index contributed by atoms with van der Waals surface area (Å²) in [4.78, 5) is 2.26. The van der Waals surface area contributed by atoms with Crippen LogP contribution in [-0.4, -0.2) is 52.2 Å². The molecular formula is C28H36FN3O3. The first-order chi connectivity index (χ1) is 16.9. The summed E-state index contributed by atoms with van der Waals surface area (Å²) < 4.78 is 27.6. The van der Waals surface area contributed by atoms with Crippen LogP contribution >= 0.6 is 0 Å². The van der Waals surface area contributed by atoms with E-state index in [1.54, 1.807) is 16.8 Å². The molecule has 1 heterocycles. The number of hydrogen-bond acceptors (Lipinski definition) is 5. The van der Waals surface area contributed by atoms with E-state index in [-0.39, 0.29) is 5.82 Å². The topological polar surface area (TPSA) is 59.8 Å². The summed E-state index contributed by atoms with van der Waals surface area (Å²) in [6.07, 6.45) is 1.85. The minimum Gasteiger partial charge on any atom is -0.438 e. The second kappa shape index (κ2) is 11.8. The molecule has 1 aromatic heterocycles. The zero-order chi connectivity index (χ0) is 24.8.